The average molecular weight is 338 g/mol. The minimum atomic E-state index is -0.257. The molecule has 0 radical (unpaired) electrons. The fraction of sp³-hybridized carbons (Fsp3) is 0.0526. The Kier molecular flexibility index (Phi) is 4.77. The number of carbonyl (C=O) groups excluding carboxylic acids is 1. The van der Waals surface area contributed by atoms with Crippen LogP contribution in [0.15, 0.2) is 66.9 Å². The van der Waals surface area contributed by atoms with Crippen molar-refractivity contribution in [2.75, 3.05) is 10.6 Å². The Balaban J connectivity index is 1.79. The minimum absolute atomic E-state index is 0.257. The molecule has 0 aliphatic heterocycles. The predicted molar refractivity (Wildman–Crippen MR) is 98.1 cm³/mol. The number of aromatic nitrogens is 1. The van der Waals surface area contributed by atoms with Gasteiger partial charge in [0.05, 0.1) is 0 Å². The summed E-state index contributed by atoms with van der Waals surface area (Å²) in [6.45, 7) is 1.99. The van der Waals surface area contributed by atoms with Crippen molar-refractivity contribution in [2.24, 2.45) is 0 Å². The van der Waals surface area contributed by atoms with Gasteiger partial charge in [0.2, 0.25) is 0 Å². The lowest BCUT2D eigenvalue weighted by molar-refractivity contribution is 0.102. The van der Waals surface area contributed by atoms with Crippen molar-refractivity contribution < 1.29 is 4.79 Å². The topological polar surface area (TPSA) is 54.0 Å². The van der Waals surface area contributed by atoms with Crippen LogP contribution in [0.25, 0.3) is 0 Å². The van der Waals surface area contributed by atoms with Crippen molar-refractivity contribution in [3.63, 3.8) is 0 Å². The monoisotopic (exact) mass is 337 g/mol. The number of benzene rings is 2. The SMILES string of the molecule is Cc1ccc(Cl)cc1Nc1ccnc(C(=O)Nc2ccccc2)c1. The molecule has 0 atom stereocenters. The lowest BCUT2D eigenvalue weighted by Gasteiger charge is -2.11. The molecule has 0 spiro atoms. The number of nitrogens with one attached hydrogen (secondary N) is 2. The molecule has 0 fully saturated rings. The zero-order valence-corrected chi connectivity index (χ0v) is 13.8. The van der Waals surface area contributed by atoms with Crippen LogP contribution in [0, 0.1) is 6.92 Å². The molecule has 120 valence electrons. The lowest BCUT2D eigenvalue weighted by atomic mass is 10.2. The van der Waals surface area contributed by atoms with Crippen LogP contribution in [0.4, 0.5) is 17.1 Å². The van der Waals surface area contributed by atoms with Crippen LogP contribution >= 0.6 is 11.6 Å². The molecule has 0 saturated carbocycles. The van der Waals surface area contributed by atoms with Crippen LogP contribution in [0.5, 0.6) is 0 Å². The molecular formula is C19H16ClN3O. The number of nitrogens with zero attached hydrogens (tertiary/aromatic N) is 1. The van der Waals surface area contributed by atoms with Crippen LogP contribution in [0.1, 0.15) is 16.1 Å². The maximum absolute atomic E-state index is 12.3. The van der Waals surface area contributed by atoms with Gasteiger partial charge in [0.25, 0.3) is 5.91 Å². The first kappa shape index (κ1) is 16.0. The summed E-state index contributed by atoms with van der Waals surface area (Å²) in [6, 6.07) is 18.4. The number of carbonyl (C=O) groups is 1. The molecule has 2 aromatic carbocycles. The Morgan fingerprint density at radius 1 is 1.00 bits per heavy atom. The Hall–Kier alpha value is -2.85. The maximum atomic E-state index is 12.3. The van der Waals surface area contributed by atoms with E-state index >= 15 is 0 Å². The van der Waals surface area contributed by atoms with Gasteiger partial charge in [-0.15, -0.1) is 0 Å². The summed E-state index contributed by atoms with van der Waals surface area (Å²) >= 11 is 6.04. The van der Waals surface area contributed by atoms with E-state index in [1.807, 2.05) is 55.5 Å². The van der Waals surface area contributed by atoms with Crippen LogP contribution in [0.3, 0.4) is 0 Å². The second-order valence-corrected chi connectivity index (χ2v) is 5.77. The number of halogens is 1. The molecule has 0 aliphatic rings. The molecule has 0 bridgehead atoms. The molecule has 5 heteroatoms. The maximum Gasteiger partial charge on any atom is 0.274 e. The molecule has 3 rings (SSSR count). The first-order chi connectivity index (χ1) is 11.6. The van der Waals surface area contributed by atoms with E-state index in [2.05, 4.69) is 15.6 Å². The van der Waals surface area contributed by atoms with Crippen LogP contribution in [-0.2, 0) is 0 Å². The van der Waals surface area contributed by atoms with E-state index in [9.17, 15) is 4.79 Å². The first-order valence-corrected chi connectivity index (χ1v) is 7.85. The molecule has 24 heavy (non-hydrogen) atoms. The predicted octanol–water partition coefficient (Wildman–Crippen LogP) is 5.04. The van der Waals surface area contributed by atoms with E-state index in [0.717, 1.165) is 22.6 Å². The third-order valence-electron chi connectivity index (χ3n) is 3.50. The van der Waals surface area contributed by atoms with Gasteiger partial charge in [-0.1, -0.05) is 35.9 Å². The van der Waals surface area contributed by atoms with Crippen LogP contribution < -0.4 is 10.6 Å². The highest BCUT2D eigenvalue weighted by Gasteiger charge is 2.09. The van der Waals surface area contributed by atoms with Crippen molar-refractivity contribution in [2.45, 2.75) is 6.92 Å². The number of hydrogen-bond acceptors (Lipinski definition) is 3. The summed E-state index contributed by atoms with van der Waals surface area (Å²) in [7, 11) is 0. The van der Waals surface area contributed by atoms with Gasteiger partial charge in [0, 0.05) is 28.3 Å². The highest BCUT2D eigenvalue weighted by atomic mass is 35.5. The van der Waals surface area contributed by atoms with Gasteiger partial charge in [0.1, 0.15) is 5.69 Å². The number of pyridine rings is 1. The summed E-state index contributed by atoms with van der Waals surface area (Å²) in [5, 5.41) is 6.74. The number of aryl methyl sites for hydroxylation is 1. The van der Waals surface area contributed by atoms with E-state index in [0.29, 0.717) is 10.7 Å². The Labute approximate surface area is 145 Å². The van der Waals surface area contributed by atoms with Gasteiger partial charge in [-0.2, -0.15) is 0 Å². The standard InChI is InChI=1S/C19H16ClN3O/c1-13-7-8-14(20)11-17(13)22-16-9-10-21-18(12-16)19(24)23-15-5-3-2-4-6-15/h2-12H,1H3,(H,21,22)(H,23,24). The number of hydrogen-bond donors (Lipinski definition) is 2. The van der Waals surface area contributed by atoms with Gasteiger partial charge in [0.15, 0.2) is 0 Å². The molecule has 0 unspecified atom stereocenters. The zero-order chi connectivity index (χ0) is 16.9. The highest BCUT2D eigenvalue weighted by molar-refractivity contribution is 6.30. The largest absolute Gasteiger partial charge is 0.355 e. The van der Waals surface area contributed by atoms with E-state index in [1.54, 1.807) is 18.3 Å². The Bertz CT molecular complexity index is 865. The molecule has 1 heterocycles. The first-order valence-electron chi connectivity index (χ1n) is 7.47. The third kappa shape index (κ3) is 3.91. The highest BCUT2D eigenvalue weighted by Crippen LogP contribution is 2.24. The van der Waals surface area contributed by atoms with Crippen LogP contribution in [0.2, 0.25) is 5.02 Å². The molecule has 1 aromatic heterocycles. The number of para-hydroxylation sites is 1. The summed E-state index contributed by atoms with van der Waals surface area (Å²) in [5.41, 5.74) is 3.79. The summed E-state index contributed by atoms with van der Waals surface area (Å²) in [4.78, 5) is 16.5. The molecule has 3 aromatic rings. The average Bonchev–Trinajstić information content (AvgIpc) is 2.59. The zero-order valence-electron chi connectivity index (χ0n) is 13.1. The molecule has 0 aliphatic carbocycles. The van der Waals surface area contributed by atoms with E-state index in [-0.39, 0.29) is 5.91 Å². The van der Waals surface area contributed by atoms with Crippen molar-refractivity contribution in [1.82, 2.24) is 4.98 Å². The number of rotatable bonds is 4. The molecular weight excluding hydrogens is 322 g/mol. The van der Waals surface area contributed by atoms with E-state index < -0.39 is 0 Å². The van der Waals surface area contributed by atoms with Crippen molar-refractivity contribution in [3.8, 4) is 0 Å². The Morgan fingerprint density at radius 2 is 1.79 bits per heavy atom. The fourth-order valence-electron chi connectivity index (χ4n) is 2.23. The summed E-state index contributed by atoms with van der Waals surface area (Å²) in [6.07, 6.45) is 1.60. The summed E-state index contributed by atoms with van der Waals surface area (Å²) < 4.78 is 0. The van der Waals surface area contributed by atoms with Gasteiger partial charge in [-0.25, -0.2) is 0 Å². The van der Waals surface area contributed by atoms with E-state index in [1.165, 1.54) is 0 Å². The van der Waals surface area contributed by atoms with Crippen molar-refractivity contribution >= 4 is 34.6 Å². The second-order valence-electron chi connectivity index (χ2n) is 5.33. The Morgan fingerprint density at radius 3 is 2.58 bits per heavy atom. The third-order valence-corrected chi connectivity index (χ3v) is 3.74. The molecule has 1 amide bonds. The minimum Gasteiger partial charge on any atom is -0.355 e. The van der Waals surface area contributed by atoms with Crippen molar-refractivity contribution in [1.29, 1.82) is 0 Å². The van der Waals surface area contributed by atoms with Crippen LogP contribution in [-0.4, -0.2) is 10.9 Å². The fourth-order valence-corrected chi connectivity index (χ4v) is 2.41. The normalized spacial score (nSPS) is 10.2. The molecule has 0 saturated heterocycles. The van der Waals surface area contributed by atoms with Gasteiger partial charge in [-0.05, 0) is 48.9 Å². The molecule has 2 N–H and O–H groups in total. The number of amides is 1. The van der Waals surface area contributed by atoms with Gasteiger partial charge >= 0.3 is 0 Å². The van der Waals surface area contributed by atoms with E-state index in [4.69, 9.17) is 11.6 Å². The lowest BCUT2D eigenvalue weighted by Crippen LogP contribution is -2.13. The smallest absolute Gasteiger partial charge is 0.274 e. The van der Waals surface area contributed by atoms with Gasteiger partial charge in [-0.3, -0.25) is 9.78 Å². The van der Waals surface area contributed by atoms with Gasteiger partial charge < -0.3 is 10.6 Å². The quantitative estimate of drug-likeness (QED) is 0.701. The van der Waals surface area contributed by atoms with Crippen molar-refractivity contribution in [3.05, 3.63) is 83.1 Å². The molecule has 4 nitrogen and oxygen atoms in total. The second kappa shape index (κ2) is 7.15. The summed E-state index contributed by atoms with van der Waals surface area (Å²) in [5.74, 6) is -0.257. The number of anilines is 3.